The number of likely N-dealkylation sites (tertiary alicyclic amines) is 1. The Balaban J connectivity index is 1.90. The zero-order valence-electron chi connectivity index (χ0n) is 14.7. The van der Waals surface area contributed by atoms with Gasteiger partial charge in [-0.05, 0) is 38.3 Å². The summed E-state index contributed by atoms with van der Waals surface area (Å²) in [6, 6.07) is 10.0. The molecule has 0 aliphatic carbocycles. The van der Waals surface area contributed by atoms with Crippen LogP contribution in [0.4, 0.5) is 0 Å². The second-order valence-corrected chi connectivity index (χ2v) is 6.19. The predicted molar refractivity (Wildman–Crippen MR) is 94.6 cm³/mol. The number of carbonyl (C=O) groups is 1. The first kappa shape index (κ1) is 18.5. The minimum atomic E-state index is -0.393. The van der Waals surface area contributed by atoms with Crippen molar-refractivity contribution >= 4 is 5.97 Å². The number of piperidine rings is 1. The number of methoxy groups -OCH3 is 1. The van der Waals surface area contributed by atoms with Gasteiger partial charge in [-0.2, -0.15) is 0 Å². The molecule has 4 nitrogen and oxygen atoms in total. The SMILES string of the molecule is CCOC(=O)C1(CCOC)CCN(CC#Cc2ccccc2)CC1. The Kier molecular flexibility index (Phi) is 7.30. The van der Waals surface area contributed by atoms with Crippen molar-refractivity contribution in [3.63, 3.8) is 0 Å². The van der Waals surface area contributed by atoms with Crippen LogP contribution >= 0.6 is 0 Å². The summed E-state index contributed by atoms with van der Waals surface area (Å²) in [4.78, 5) is 14.7. The number of rotatable bonds is 6. The lowest BCUT2D eigenvalue weighted by atomic mass is 9.76. The van der Waals surface area contributed by atoms with E-state index in [4.69, 9.17) is 9.47 Å². The fraction of sp³-hybridized carbons (Fsp3) is 0.550. The molecule has 1 heterocycles. The van der Waals surface area contributed by atoms with Gasteiger partial charge in [-0.25, -0.2) is 0 Å². The van der Waals surface area contributed by atoms with Crippen molar-refractivity contribution in [1.29, 1.82) is 0 Å². The summed E-state index contributed by atoms with van der Waals surface area (Å²) in [5.74, 6) is 6.35. The number of esters is 1. The number of ether oxygens (including phenoxy) is 2. The molecule has 1 aliphatic rings. The first-order valence-electron chi connectivity index (χ1n) is 8.62. The molecule has 0 aromatic heterocycles. The van der Waals surface area contributed by atoms with Gasteiger partial charge >= 0.3 is 5.97 Å². The standard InChI is InChI=1S/C20H27NO3/c1-3-24-19(22)20(13-17-23-2)11-15-21(16-12-20)14-7-10-18-8-5-4-6-9-18/h4-6,8-9H,3,11-17H2,1-2H3. The Morgan fingerprint density at radius 2 is 1.96 bits per heavy atom. The summed E-state index contributed by atoms with van der Waals surface area (Å²) in [6.07, 6.45) is 2.34. The molecule has 0 bridgehead atoms. The van der Waals surface area contributed by atoms with Gasteiger partial charge < -0.3 is 9.47 Å². The maximum Gasteiger partial charge on any atom is 0.312 e. The molecule has 1 aliphatic heterocycles. The molecule has 4 heteroatoms. The molecule has 0 radical (unpaired) electrons. The van der Waals surface area contributed by atoms with Gasteiger partial charge in [-0.1, -0.05) is 30.0 Å². The van der Waals surface area contributed by atoms with E-state index in [-0.39, 0.29) is 5.97 Å². The molecule has 0 spiro atoms. The fourth-order valence-electron chi connectivity index (χ4n) is 3.05. The van der Waals surface area contributed by atoms with Crippen LogP contribution < -0.4 is 0 Å². The minimum Gasteiger partial charge on any atom is -0.466 e. The van der Waals surface area contributed by atoms with Crippen molar-refractivity contribution in [2.45, 2.75) is 26.2 Å². The van der Waals surface area contributed by atoms with Gasteiger partial charge in [0.05, 0.1) is 18.6 Å². The largest absolute Gasteiger partial charge is 0.466 e. The molecule has 0 amide bonds. The van der Waals surface area contributed by atoms with Crippen molar-refractivity contribution in [2.75, 3.05) is 40.0 Å². The normalized spacial score (nSPS) is 16.9. The third-order valence-electron chi connectivity index (χ3n) is 4.62. The van der Waals surface area contributed by atoms with Crippen LogP contribution in [0.3, 0.4) is 0 Å². The Morgan fingerprint density at radius 3 is 2.58 bits per heavy atom. The lowest BCUT2D eigenvalue weighted by molar-refractivity contribution is -0.160. The fourth-order valence-corrected chi connectivity index (χ4v) is 3.05. The zero-order chi connectivity index (χ0) is 17.3. The van der Waals surface area contributed by atoms with Crippen LogP contribution in [0.5, 0.6) is 0 Å². The van der Waals surface area contributed by atoms with Crippen molar-refractivity contribution < 1.29 is 14.3 Å². The third kappa shape index (κ3) is 5.09. The van der Waals surface area contributed by atoms with E-state index in [1.165, 1.54) is 0 Å². The van der Waals surface area contributed by atoms with Crippen molar-refractivity contribution in [2.24, 2.45) is 5.41 Å². The van der Waals surface area contributed by atoms with E-state index in [0.29, 0.717) is 13.2 Å². The molecular formula is C20H27NO3. The van der Waals surface area contributed by atoms with Gasteiger partial charge in [-0.3, -0.25) is 9.69 Å². The molecule has 130 valence electrons. The Bertz CT molecular complexity index is 566. The Labute approximate surface area is 145 Å². The summed E-state index contributed by atoms with van der Waals surface area (Å²) < 4.78 is 10.5. The van der Waals surface area contributed by atoms with Crippen LogP contribution in [-0.2, 0) is 14.3 Å². The number of nitrogens with zero attached hydrogens (tertiary/aromatic N) is 1. The third-order valence-corrected chi connectivity index (χ3v) is 4.62. The Morgan fingerprint density at radius 1 is 1.25 bits per heavy atom. The zero-order valence-corrected chi connectivity index (χ0v) is 14.7. The Hall–Kier alpha value is -1.83. The van der Waals surface area contributed by atoms with E-state index in [0.717, 1.165) is 44.5 Å². The lowest BCUT2D eigenvalue weighted by Gasteiger charge is -2.39. The smallest absolute Gasteiger partial charge is 0.312 e. The van der Waals surface area contributed by atoms with Gasteiger partial charge in [0.25, 0.3) is 0 Å². The first-order chi connectivity index (χ1) is 11.7. The van der Waals surface area contributed by atoms with E-state index >= 15 is 0 Å². The van der Waals surface area contributed by atoms with Gasteiger partial charge in [0.1, 0.15) is 0 Å². The molecule has 1 aromatic rings. The van der Waals surface area contributed by atoms with Crippen LogP contribution in [0.25, 0.3) is 0 Å². The monoisotopic (exact) mass is 329 g/mol. The summed E-state index contributed by atoms with van der Waals surface area (Å²) in [6.45, 7) is 5.35. The van der Waals surface area contributed by atoms with E-state index in [1.807, 2.05) is 37.3 Å². The molecule has 0 unspecified atom stereocenters. The van der Waals surface area contributed by atoms with Crippen molar-refractivity contribution in [3.8, 4) is 11.8 Å². The van der Waals surface area contributed by atoms with Crippen LogP contribution in [-0.4, -0.2) is 50.8 Å². The molecule has 0 saturated carbocycles. The molecule has 0 N–H and O–H groups in total. The summed E-state index contributed by atoms with van der Waals surface area (Å²) in [5.41, 5.74) is 0.644. The minimum absolute atomic E-state index is 0.0722. The summed E-state index contributed by atoms with van der Waals surface area (Å²) in [7, 11) is 1.67. The highest BCUT2D eigenvalue weighted by Crippen LogP contribution is 2.36. The molecular weight excluding hydrogens is 302 g/mol. The van der Waals surface area contributed by atoms with Crippen LogP contribution in [0, 0.1) is 17.3 Å². The second kappa shape index (κ2) is 9.46. The van der Waals surface area contributed by atoms with Crippen LogP contribution in [0.15, 0.2) is 30.3 Å². The highest BCUT2D eigenvalue weighted by atomic mass is 16.5. The number of hydrogen-bond donors (Lipinski definition) is 0. The van der Waals surface area contributed by atoms with Crippen molar-refractivity contribution in [1.82, 2.24) is 4.90 Å². The summed E-state index contributed by atoms with van der Waals surface area (Å²) >= 11 is 0. The van der Waals surface area contributed by atoms with Gasteiger partial charge in [-0.15, -0.1) is 0 Å². The van der Waals surface area contributed by atoms with E-state index in [9.17, 15) is 4.79 Å². The first-order valence-corrected chi connectivity index (χ1v) is 8.62. The molecule has 24 heavy (non-hydrogen) atoms. The quantitative estimate of drug-likeness (QED) is 0.594. The maximum atomic E-state index is 12.4. The lowest BCUT2D eigenvalue weighted by Crippen LogP contribution is -2.45. The van der Waals surface area contributed by atoms with Crippen LogP contribution in [0.2, 0.25) is 0 Å². The van der Waals surface area contributed by atoms with Crippen LogP contribution in [0.1, 0.15) is 31.7 Å². The average Bonchev–Trinajstić information content (AvgIpc) is 2.62. The maximum absolute atomic E-state index is 12.4. The van der Waals surface area contributed by atoms with Gasteiger partial charge in [0, 0.05) is 32.4 Å². The van der Waals surface area contributed by atoms with Crippen molar-refractivity contribution in [3.05, 3.63) is 35.9 Å². The second-order valence-electron chi connectivity index (χ2n) is 6.19. The van der Waals surface area contributed by atoms with E-state index < -0.39 is 5.41 Å². The van der Waals surface area contributed by atoms with Gasteiger partial charge in [0.2, 0.25) is 0 Å². The topological polar surface area (TPSA) is 38.8 Å². The molecule has 1 saturated heterocycles. The average molecular weight is 329 g/mol. The predicted octanol–water partition coefficient (Wildman–Crippen LogP) is 2.72. The number of carbonyl (C=O) groups excluding carboxylic acids is 1. The summed E-state index contributed by atoms with van der Waals surface area (Å²) in [5, 5.41) is 0. The number of benzene rings is 1. The molecule has 0 atom stereocenters. The number of hydrogen-bond acceptors (Lipinski definition) is 4. The molecule has 1 fully saturated rings. The highest BCUT2D eigenvalue weighted by Gasteiger charge is 2.42. The molecule has 1 aromatic carbocycles. The van der Waals surface area contributed by atoms with E-state index in [2.05, 4.69) is 16.7 Å². The van der Waals surface area contributed by atoms with Gasteiger partial charge in [0.15, 0.2) is 0 Å². The van der Waals surface area contributed by atoms with E-state index in [1.54, 1.807) is 7.11 Å². The highest BCUT2D eigenvalue weighted by molar-refractivity contribution is 5.77. The molecule has 2 rings (SSSR count).